The second-order valence-electron chi connectivity index (χ2n) is 6.35. The van der Waals surface area contributed by atoms with Crippen molar-refractivity contribution in [1.82, 2.24) is 15.1 Å². The summed E-state index contributed by atoms with van der Waals surface area (Å²) in [6.45, 7) is 4.40. The second kappa shape index (κ2) is 6.14. The van der Waals surface area contributed by atoms with Crippen LogP contribution in [0.15, 0.2) is 54.9 Å². The van der Waals surface area contributed by atoms with Crippen LogP contribution >= 0.6 is 0 Å². The lowest BCUT2D eigenvalue weighted by molar-refractivity contribution is 0.0543. The number of aryl methyl sites for hydroxylation is 1. The number of hydrogen-bond acceptors (Lipinski definition) is 3. The van der Waals surface area contributed by atoms with Crippen molar-refractivity contribution < 1.29 is 5.11 Å². The molecule has 0 bridgehead atoms. The first-order valence-electron chi connectivity index (χ1n) is 7.90. The average molecular weight is 309 g/mol. The van der Waals surface area contributed by atoms with E-state index in [1.54, 1.807) is 10.9 Å². The Morgan fingerprint density at radius 2 is 1.96 bits per heavy atom. The van der Waals surface area contributed by atoms with Crippen molar-refractivity contribution in [2.75, 3.05) is 6.54 Å². The predicted molar refractivity (Wildman–Crippen MR) is 93.1 cm³/mol. The minimum atomic E-state index is -0.951. The molecule has 23 heavy (non-hydrogen) atoms. The Bertz CT molecular complexity index is 802. The highest BCUT2D eigenvalue weighted by Gasteiger charge is 2.25. The van der Waals surface area contributed by atoms with Crippen LogP contribution in [0.25, 0.3) is 10.8 Å². The number of fused-ring (bicyclic) bond motifs is 1. The molecule has 0 amide bonds. The molecule has 0 aliphatic rings. The minimum absolute atomic E-state index is 0.143. The number of benzene rings is 2. The topological polar surface area (TPSA) is 50.1 Å². The number of aromatic nitrogens is 2. The van der Waals surface area contributed by atoms with Crippen molar-refractivity contribution in [3.8, 4) is 0 Å². The van der Waals surface area contributed by atoms with Crippen molar-refractivity contribution in [2.24, 2.45) is 7.05 Å². The first kappa shape index (κ1) is 15.7. The molecule has 2 N–H and O–H groups in total. The molecule has 2 unspecified atom stereocenters. The normalized spacial score (nSPS) is 15.5. The largest absolute Gasteiger partial charge is 0.384 e. The third kappa shape index (κ3) is 3.28. The lowest BCUT2D eigenvalue weighted by Crippen LogP contribution is -2.36. The van der Waals surface area contributed by atoms with E-state index in [4.69, 9.17) is 0 Å². The van der Waals surface area contributed by atoms with Gasteiger partial charge in [-0.3, -0.25) is 4.68 Å². The van der Waals surface area contributed by atoms with E-state index < -0.39 is 5.60 Å². The Morgan fingerprint density at radius 3 is 2.70 bits per heavy atom. The van der Waals surface area contributed by atoms with Crippen LogP contribution in [0.3, 0.4) is 0 Å². The van der Waals surface area contributed by atoms with E-state index in [1.807, 2.05) is 20.2 Å². The number of aliphatic hydroxyl groups is 1. The zero-order chi connectivity index (χ0) is 16.4. The van der Waals surface area contributed by atoms with Gasteiger partial charge < -0.3 is 10.4 Å². The molecule has 0 saturated heterocycles. The SMILES string of the molecule is CC(NCC(C)(O)c1cnn(C)c1)c1cccc2ccccc12. The van der Waals surface area contributed by atoms with Crippen LogP contribution < -0.4 is 5.32 Å². The zero-order valence-electron chi connectivity index (χ0n) is 13.8. The van der Waals surface area contributed by atoms with Crippen molar-refractivity contribution in [2.45, 2.75) is 25.5 Å². The highest BCUT2D eigenvalue weighted by molar-refractivity contribution is 5.86. The van der Waals surface area contributed by atoms with E-state index in [9.17, 15) is 5.11 Å². The third-order valence-corrected chi connectivity index (χ3v) is 4.37. The van der Waals surface area contributed by atoms with E-state index in [1.165, 1.54) is 16.3 Å². The van der Waals surface area contributed by atoms with Gasteiger partial charge in [0, 0.05) is 31.4 Å². The summed E-state index contributed by atoms with van der Waals surface area (Å²) >= 11 is 0. The number of nitrogens with one attached hydrogen (secondary N) is 1. The first-order chi connectivity index (χ1) is 11.0. The van der Waals surface area contributed by atoms with E-state index in [0.29, 0.717) is 6.54 Å². The van der Waals surface area contributed by atoms with Crippen LogP contribution in [-0.4, -0.2) is 21.4 Å². The summed E-state index contributed by atoms with van der Waals surface area (Å²) in [5.41, 5.74) is 1.11. The molecule has 2 aromatic carbocycles. The predicted octanol–water partition coefficient (Wildman–Crippen LogP) is 3.13. The third-order valence-electron chi connectivity index (χ3n) is 4.37. The molecule has 120 valence electrons. The van der Waals surface area contributed by atoms with Gasteiger partial charge in [0.05, 0.1) is 6.20 Å². The van der Waals surface area contributed by atoms with Gasteiger partial charge in [-0.05, 0) is 30.2 Å². The lowest BCUT2D eigenvalue weighted by Gasteiger charge is -2.25. The molecule has 1 aromatic heterocycles. The van der Waals surface area contributed by atoms with Crippen LogP contribution in [0.1, 0.15) is 31.0 Å². The molecule has 2 atom stereocenters. The van der Waals surface area contributed by atoms with Gasteiger partial charge in [-0.2, -0.15) is 5.10 Å². The molecule has 0 saturated carbocycles. The van der Waals surface area contributed by atoms with Crippen molar-refractivity contribution in [1.29, 1.82) is 0 Å². The molecular weight excluding hydrogens is 286 g/mol. The summed E-state index contributed by atoms with van der Waals surface area (Å²) in [5.74, 6) is 0. The van der Waals surface area contributed by atoms with Gasteiger partial charge in [-0.25, -0.2) is 0 Å². The van der Waals surface area contributed by atoms with Crippen LogP contribution in [0.2, 0.25) is 0 Å². The van der Waals surface area contributed by atoms with Crippen molar-refractivity contribution >= 4 is 10.8 Å². The molecule has 3 rings (SSSR count). The molecule has 1 heterocycles. The molecule has 4 nitrogen and oxygen atoms in total. The molecule has 3 aromatic rings. The Morgan fingerprint density at radius 1 is 1.22 bits per heavy atom. The lowest BCUT2D eigenvalue weighted by atomic mass is 9.96. The first-order valence-corrected chi connectivity index (χ1v) is 7.90. The minimum Gasteiger partial charge on any atom is -0.384 e. The summed E-state index contributed by atoms with van der Waals surface area (Å²) in [6, 6.07) is 14.9. The Balaban J connectivity index is 1.77. The van der Waals surface area contributed by atoms with Gasteiger partial charge in [-0.15, -0.1) is 0 Å². The van der Waals surface area contributed by atoms with Gasteiger partial charge >= 0.3 is 0 Å². The van der Waals surface area contributed by atoms with E-state index >= 15 is 0 Å². The molecule has 4 heteroatoms. The summed E-state index contributed by atoms with van der Waals surface area (Å²) in [5, 5.41) is 20.8. The second-order valence-corrected chi connectivity index (χ2v) is 6.35. The highest BCUT2D eigenvalue weighted by Crippen LogP contribution is 2.25. The smallest absolute Gasteiger partial charge is 0.102 e. The molecule has 0 aliphatic carbocycles. The van der Waals surface area contributed by atoms with Crippen LogP contribution in [-0.2, 0) is 12.6 Å². The fourth-order valence-corrected chi connectivity index (χ4v) is 2.89. The van der Waals surface area contributed by atoms with E-state index in [0.717, 1.165) is 5.56 Å². The van der Waals surface area contributed by atoms with Crippen LogP contribution in [0.4, 0.5) is 0 Å². The average Bonchev–Trinajstić information content (AvgIpc) is 2.99. The van der Waals surface area contributed by atoms with Crippen LogP contribution in [0, 0.1) is 0 Å². The summed E-state index contributed by atoms with van der Waals surface area (Å²) in [4.78, 5) is 0. The standard InChI is InChI=1S/C19H23N3O/c1-14(17-10-6-8-15-7-4-5-9-18(15)17)20-13-19(2,23)16-11-21-22(3)12-16/h4-12,14,20,23H,13H2,1-3H3. The maximum Gasteiger partial charge on any atom is 0.102 e. The van der Waals surface area contributed by atoms with Gasteiger partial charge in [0.2, 0.25) is 0 Å². The van der Waals surface area contributed by atoms with Gasteiger partial charge in [0.15, 0.2) is 0 Å². The summed E-state index contributed by atoms with van der Waals surface area (Å²) in [7, 11) is 1.85. The summed E-state index contributed by atoms with van der Waals surface area (Å²) in [6.07, 6.45) is 3.56. The monoisotopic (exact) mass is 309 g/mol. The summed E-state index contributed by atoms with van der Waals surface area (Å²) < 4.78 is 1.71. The van der Waals surface area contributed by atoms with E-state index in [2.05, 4.69) is 59.8 Å². The Hall–Kier alpha value is -2.17. The molecular formula is C19H23N3O. The fraction of sp³-hybridized carbons (Fsp3) is 0.316. The number of hydrogen-bond donors (Lipinski definition) is 2. The molecule has 0 radical (unpaired) electrons. The Labute approximate surface area is 136 Å². The fourth-order valence-electron chi connectivity index (χ4n) is 2.89. The number of rotatable bonds is 5. The van der Waals surface area contributed by atoms with Crippen molar-refractivity contribution in [3.05, 3.63) is 66.0 Å². The molecule has 0 aliphatic heterocycles. The van der Waals surface area contributed by atoms with Gasteiger partial charge in [-0.1, -0.05) is 42.5 Å². The van der Waals surface area contributed by atoms with Gasteiger partial charge in [0.1, 0.15) is 5.60 Å². The Kier molecular flexibility index (Phi) is 4.20. The number of nitrogens with zero attached hydrogens (tertiary/aromatic N) is 2. The van der Waals surface area contributed by atoms with Gasteiger partial charge in [0.25, 0.3) is 0 Å². The maximum atomic E-state index is 10.7. The van der Waals surface area contributed by atoms with E-state index in [-0.39, 0.29) is 6.04 Å². The molecule has 0 fully saturated rings. The highest BCUT2D eigenvalue weighted by atomic mass is 16.3. The zero-order valence-corrected chi connectivity index (χ0v) is 13.8. The maximum absolute atomic E-state index is 10.7. The van der Waals surface area contributed by atoms with Crippen LogP contribution in [0.5, 0.6) is 0 Å². The quantitative estimate of drug-likeness (QED) is 0.761. The van der Waals surface area contributed by atoms with Crippen molar-refractivity contribution in [3.63, 3.8) is 0 Å². The molecule has 0 spiro atoms.